The predicted molar refractivity (Wildman–Crippen MR) is 216 cm³/mol. The zero-order valence-corrected chi connectivity index (χ0v) is 28.5. The van der Waals surface area contributed by atoms with Gasteiger partial charge in [0.1, 0.15) is 0 Å². The molecule has 7 aromatic rings. The van der Waals surface area contributed by atoms with Crippen LogP contribution in [0.1, 0.15) is 35.1 Å². The lowest BCUT2D eigenvalue weighted by Crippen LogP contribution is -2.17. The highest BCUT2D eigenvalue weighted by Crippen LogP contribution is 2.37. The molecule has 0 aliphatic heterocycles. The van der Waals surface area contributed by atoms with Gasteiger partial charge in [-0.1, -0.05) is 78.9 Å². The summed E-state index contributed by atoms with van der Waals surface area (Å²) in [5.41, 5.74) is 10.1. The Morgan fingerprint density at radius 1 is 0.462 bits per heavy atom. The summed E-state index contributed by atoms with van der Waals surface area (Å²) in [6, 6.07) is 56.6. The van der Waals surface area contributed by atoms with E-state index in [0.717, 1.165) is 57.8 Å². The van der Waals surface area contributed by atoms with Gasteiger partial charge in [0.25, 0.3) is 0 Å². The fourth-order valence-corrected chi connectivity index (χ4v) is 6.83. The maximum atomic E-state index is 9.33. The summed E-state index contributed by atoms with van der Waals surface area (Å²) in [5.74, 6) is 0. The van der Waals surface area contributed by atoms with Gasteiger partial charge in [0.15, 0.2) is 0 Å². The van der Waals surface area contributed by atoms with Crippen LogP contribution in [0, 0.1) is 22.7 Å². The second-order valence-corrected chi connectivity index (χ2v) is 12.9. The minimum atomic E-state index is 0.641. The van der Waals surface area contributed by atoms with Crippen molar-refractivity contribution in [2.75, 3.05) is 9.80 Å². The summed E-state index contributed by atoms with van der Waals surface area (Å²) in [6.07, 6.45) is 12.8. The first-order chi connectivity index (χ1) is 25.6. The van der Waals surface area contributed by atoms with E-state index in [1.165, 1.54) is 21.9 Å². The number of nitriles is 2. The Bertz CT molecular complexity index is 2580. The molecule has 0 amide bonds. The molecule has 7 aromatic carbocycles. The summed E-state index contributed by atoms with van der Waals surface area (Å²) < 4.78 is 0. The number of rotatable bonds is 8. The molecule has 52 heavy (non-hydrogen) atoms. The van der Waals surface area contributed by atoms with Crippen LogP contribution < -0.4 is 9.80 Å². The quantitative estimate of drug-likeness (QED) is 0.151. The fourth-order valence-electron chi connectivity index (χ4n) is 6.83. The molecule has 0 bridgehead atoms. The van der Waals surface area contributed by atoms with Crippen LogP contribution in [0.2, 0.25) is 0 Å². The molecule has 0 atom stereocenters. The van der Waals surface area contributed by atoms with Crippen molar-refractivity contribution in [3.63, 3.8) is 0 Å². The predicted octanol–water partition coefficient (Wildman–Crippen LogP) is 12.7. The number of fused-ring (bicyclic) bond motifs is 2. The molecule has 0 fully saturated rings. The van der Waals surface area contributed by atoms with Gasteiger partial charge in [-0.05, 0) is 149 Å². The molecule has 1 aliphatic rings. The first-order valence-electron chi connectivity index (χ1n) is 17.4. The van der Waals surface area contributed by atoms with Crippen molar-refractivity contribution in [1.82, 2.24) is 0 Å². The average molecular weight is 667 g/mol. The van der Waals surface area contributed by atoms with Gasteiger partial charge in [-0.2, -0.15) is 10.5 Å². The Hall–Kier alpha value is -7.14. The zero-order valence-electron chi connectivity index (χ0n) is 28.5. The molecule has 0 unspecified atom stereocenters. The maximum absolute atomic E-state index is 9.33. The minimum absolute atomic E-state index is 0.641. The van der Waals surface area contributed by atoms with Crippen LogP contribution in [0.4, 0.5) is 28.4 Å². The van der Waals surface area contributed by atoms with Crippen molar-refractivity contribution in [2.45, 2.75) is 12.8 Å². The van der Waals surface area contributed by atoms with E-state index in [1.807, 2.05) is 66.7 Å². The molecular formula is C48H34N4. The molecule has 0 N–H and O–H groups in total. The first-order valence-corrected chi connectivity index (χ1v) is 17.4. The Labute approximate surface area is 304 Å². The SMILES string of the molecule is N#Cc1ccc(N(C2=CC=CCC2)c2ccc3cc(/C=C/c4ccc5cc(N(c6ccccc6)c6ccc(C#N)cc6)ccc5c4)ccc3c2)cc1. The number of hydrogen-bond donors (Lipinski definition) is 0. The fraction of sp³-hybridized carbons (Fsp3) is 0.0417. The number of nitrogens with zero attached hydrogens (tertiary/aromatic N) is 4. The molecular weight excluding hydrogens is 633 g/mol. The molecule has 1 aliphatic carbocycles. The van der Waals surface area contributed by atoms with Gasteiger partial charge < -0.3 is 9.80 Å². The topological polar surface area (TPSA) is 54.1 Å². The Morgan fingerprint density at radius 3 is 1.44 bits per heavy atom. The van der Waals surface area contributed by atoms with E-state index < -0.39 is 0 Å². The Morgan fingerprint density at radius 2 is 0.923 bits per heavy atom. The van der Waals surface area contributed by atoms with E-state index >= 15 is 0 Å². The number of allylic oxidation sites excluding steroid dienone is 4. The van der Waals surface area contributed by atoms with Gasteiger partial charge in [0, 0.05) is 34.1 Å². The monoisotopic (exact) mass is 666 g/mol. The second kappa shape index (κ2) is 14.4. The number of hydrogen-bond acceptors (Lipinski definition) is 4. The van der Waals surface area contributed by atoms with Gasteiger partial charge >= 0.3 is 0 Å². The van der Waals surface area contributed by atoms with Gasteiger partial charge in [-0.15, -0.1) is 0 Å². The summed E-state index contributed by atoms with van der Waals surface area (Å²) in [7, 11) is 0. The van der Waals surface area contributed by atoms with Crippen molar-refractivity contribution in [3.05, 3.63) is 198 Å². The third-order valence-corrected chi connectivity index (χ3v) is 9.48. The van der Waals surface area contributed by atoms with Crippen LogP contribution in [0.15, 0.2) is 176 Å². The van der Waals surface area contributed by atoms with Crippen LogP contribution in [-0.2, 0) is 0 Å². The van der Waals surface area contributed by atoms with Crippen LogP contribution in [0.3, 0.4) is 0 Å². The molecule has 8 rings (SSSR count). The molecule has 4 heteroatoms. The van der Waals surface area contributed by atoms with E-state index in [4.69, 9.17) is 0 Å². The molecule has 0 saturated heterocycles. The minimum Gasteiger partial charge on any atom is -0.314 e. The Kier molecular flexibility index (Phi) is 8.87. The lowest BCUT2D eigenvalue weighted by molar-refractivity contribution is 0.918. The Balaban J connectivity index is 1.05. The number of benzene rings is 7. The average Bonchev–Trinajstić information content (AvgIpc) is 3.21. The van der Waals surface area contributed by atoms with E-state index in [9.17, 15) is 10.5 Å². The van der Waals surface area contributed by atoms with Crippen LogP contribution in [0.25, 0.3) is 33.7 Å². The third kappa shape index (κ3) is 6.70. The molecule has 0 spiro atoms. The van der Waals surface area contributed by atoms with Crippen LogP contribution >= 0.6 is 0 Å². The molecule has 4 nitrogen and oxygen atoms in total. The normalized spacial score (nSPS) is 12.4. The highest BCUT2D eigenvalue weighted by atomic mass is 15.2. The molecule has 0 heterocycles. The molecule has 0 saturated carbocycles. The summed E-state index contributed by atoms with van der Waals surface area (Å²) in [6.45, 7) is 0. The number of para-hydroxylation sites is 1. The van der Waals surface area contributed by atoms with Gasteiger partial charge in [0.2, 0.25) is 0 Å². The van der Waals surface area contributed by atoms with Crippen molar-refractivity contribution in [2.24, 2.45) is 0 Å². The van der Waals surface area contributed by atoms with Crippen molar-refractivity contribution in [1.29, 1.82) is 10.5 Å². The van der Waals surface area contributed by atoms with E-state index in [2.05, 4.69) is 137 Å². The molecule has 0 aromatic heterocycles. The lowest BCUT2D eigenvalue weighted by atomic mass is 10.0. The van der Waals surface area contributed by atoms with Gasteiger partial charge in [-0.3, -0.25) is 0 Å². The van der Waals surface area contributed by atoms with Crippen molar-refractivity contribution < 1.29 is 0 Å². The van der Waals surface area contributed by atoms with E-state index in [0.29, 0.717) is 11.1 Å². The maximum Gasteiger partial charge on any atom is 0.0991 e. The highest BCUT2D eigenvalue weighted by molar-refractivity contribution is 5.93. The lowest BCUT2D eigenvalue weighted by Gasteiger charge is -2.29. The highest BCUT2D eigenvalue weighted by Gasteiger charge is 2.17. The first kappa shape index (κ1) is 32.1. The van der Waals surface area contributed by atoms with Crippen molar-refractivity contribution >= 4 is 62.1 Å². The second-order valence-electron chi connectivity index (χ2n) is 12.9. The smallest absolute Gasteiger partial charge is 0.0991 e. The van der Waals surface area contributed by atoms with Crippen LogP contribution in [0.5, 0.6) is 0 Å². The number of anilines is 5. The van der Waals surface area contributed by atoms with Crippen molar-refractivity contribution in [3.8, 4) is 12.1 Å². The van der Waals surface area contributed by atoms with E-state index in [-0.39, 0.29) is 0 Å². The van der Waals surface area contributed by atoms with E-state index in [1.54, 1.807) is 0 Å². The van der Waals surface area contributed by atoms with Crippen LogP contribution in [-0.4, -0.2) is 0 Å². The third-order valence-electron chi connectivity index (χ3n) is 9.48. The molecule has 246 valence electrons. The van der Waals surface area contributed by atoms with Gasteiger partial charge in [-0.25, -0.2) is 0 Å². The largest absolute Gasteiger partial charge is 0.314 e. The molecule has 0 radical (unpaired) electrons. The summed E-state index contributed by atoms with van der Waals surface area (Å²) in [5, 5.41) is 23.3. The van der Waals surface area contributed by atoms with Gasteiger partial charge in [0.05, 0.1) is 23.3 Å². The zero-order chi connectivity index (χ0) is 35.3. The summed E-state index contributed by atoms with van der Waals surface area (Å²) in [4.78, 5) is 4.51. The standard InChI is InChI=1S/C48H34N4/c49-33-37-15-23-45(24-16-37)51(43-7-3-1-4-8-43)47-27-21-39-29-35(13-19-41(39)31-47)11-12-36-14-20-42-32-48(28-22-40(42)30-36)52(44-9-5-2-6-10-44)46-25-17-38(34-50)18-26-46/h1-5,7-9,11-32H,6,10H2/b12-11+. The summed E-state index contributed by atoms with van der Waals surface area (Å²) >= 11 is 0.